The first-order valence-corrected chi connectivity index (χ1v) is 12.6. The molecule has 3 aliphatic rings. The van der Waals surface area contributed by atoms with Crippen molar-refractivity contribution in [1.82, 2.24) is 20.5 Å². The van der Waals surface area contributed by atoms with Gasteiger partial charge in [0.2, 0.25) is 12.3 Å². The quantitative estimate of drug-likeness (QED) is 0.478. The Morgan fingerprint density at radius 3 is 2.87 bits per heavy atom. The number of pyridine rings is 1. The summed E-state index contributed by atoms with van der Waals surface area (Å²) in [5, 5.41) is 5.85. The fraction of sp³-hybridized carbons (Fsp3) is 0.370. The van der Waals surface area contributed by atoms with Gasteiger partial charge in [-0.05, 0) is 50.6 Å². The minimum atomic E-state index is -1.58. The number of amides is 4. The summed E-state index contributed by atoms with van der Waals surface area (Å²) in [7, 11) is 1.57. The van der Waals surface area contributed by atoms with E-state index in [1.807, 2.05) is 19.1 Å². The molecule has 1 fully saturated rings. The van der Waals surface area contributed by atoms with E-state index in [4.69, 9.17) is 9.15 Å². The van der Waals surface area contributed by atoms with Gasteiger partial charge in [-0.2, -0.15) is 0 Å². The van der Waals surface area contributed by atoms with Crippen molar-refractivity contribution in [3.05, 3.63) is 59.2 Å². The fourth-order valence-corrected chi connectivity index (χ4v) is 5.15. The number of aromatic nitrogens is 1. The molecule has 2 aliphatic heterocycles. The lowest BCUT2D eigenvalue weighted by Gasteiger charge is -2.33. The summed E-state index contributed by atoms with van der Waals surface area (Å²) < 4.78 is 11.8. The summed E-state index contributed by atoms with van der Waals surface area (Å²) in [5.41, 5.74) is 0.300. The standard InChI is InChI=1S/C27H29N5O6/c1-3-37-19-7-4-6-17-14-31(25(35)20(17)11-19)15-27(28-2,26(36)30-16-33)22-10-18-13-29-23(12-21(18)38-22)32-9-5-8-24(32)34/h4,7,10-13,16,28H,3,5-6,8-9,14-15H2,1-2H3,(H,30,33,36)/t27-/m0/s1. The van der Waals surface area contributed by atoms with E-state index in [9.17, 15) is 19.2 Å². The van der Waals surface area contributed by atoms with Gasteiger partial charge in [0.25, 0.3) is 11.8 Å². The third-order valence-corrected chi connectivity index (χ3v) is 7.11. The highest BCUT2D eigenvalue weighted by atomic mass is 16.5. The number of likely N-dealkylation sites (N-methyl/N-ethyl adjacent to an activating group) is 1. The highest BCUT2D eigenvalue weighted by molar-refractivity contribution is 6.01. The zero-order chi connectivity index (χ0) is 26.9. The Bertz CT molecular complexity index is 1410. The second-order valence-electron chi connectivity index (χ2n) is 9.35. The van der Waals surface area contributed by atoms with Crippen LogP contribution in [-0.4, -0.2) is 67.3 Å². The SMILES string of the molecule is CCOC1=CC2=C(CC=C1)CN(C[C@@](NC)(C(=O)NC=O)c1cc3cnc(N4CCCC4=O)cc3o1)C2=O. The summed E-state index contributed by atoms with van der Waals surface area (Å²) >= 11 is 0. The minimum absolute atomic E-state index is 0.00485. The number of imide groups is 1. The number of hydrogen-bond acceptors (Lipinski definition) is 8. The van der Waals surface area contributed by atoms with Crippen LogP contribution < -0.4 is 15.5 Å². The first-order chi connectivity index (χ1) is 18.4. The second kappa shape index (κ2) is 10.3. The maximum atomic E-state index is 13.5. The molecule has 198 valence electrons. The highest BCUT2D eigenvalue weighted by Crippen LogP contribution is 2.34. The van der Waals surface area contributed by atoms with Crippen LogP contribution in [0.1, 0.15) is 31.9 Å². The van der Waals surface area contributed by atoms with Gasteiger partial charge in [0, 0.05) is 42.7 Å². The van der Waals surface area contributed by atoms with E-state index < -0.39 is 11.4 Å². The Morgan fingerprint density at radius 2 is 2.16 bits per heavy atom. The summed E-state index contributed by atoms with van der Waals surface area (Å²) in [6.07, 6.45) is 9.21. The fourth-order valence-electron chi connectivity index (χ4n) is 5.15. The molecular formula is C27H29N5O6. The van der Waals surface area contributed by atoms with Crippen molar-refractivity contribution in [1.29, 1.82) is 0 Å². The molecule has 2 N–H and O–H groups in total. The molecular weight excluding hydrogens is 490 g/mol. The second-order valence-corrected chi connectivity index (χ2v) is 9.35. The Balaban J connectivity index is 1.49. The van der Waals surface area contributed by atoms with Gasteiger partial charge in [0.15, 0.2) is 5.54 Å². The van der Waals surface area contributed by atoms with Crippen molar-refractivity contribution >= 4 is 40.9 Å². The molecule has 38 heavy (non-hydrogen) atoms. The number of furan rings is 1. The molecule has 0 aromatic carbocycles. The number of fused-ring (bicyclic) bond motifs is 1. The van der Waals surface area contributed by atoms with Gasteiger partial charge in [-0.25, -0.2) is 4.98 Å². The van der Waals surface area contributed by atoms with Gasteiger partial charge in [-0.15, -0.1) is 0 Å². The topological polar surface area (TPSA) is 134 Å². The van der Waals surface area contributed by atoms with Crippen LogP contribution in [0.4, 0.5) is 5.82 Å². The number of hydrogen-bond donors (Lipinski definition) is 2. The van der Waals surface area contributed by atoms with Crippen molar-refractivity contribution in [3.8, 4) is 0 Å². The zero-order valence-corrected chi connectivity index (χ0v) is 21.3. The lowest BCUT2D eigenvalue weighted by Crippen LogP contribution is -2.59. The Labute approximate surface area is 219 Å². The molecule has 1 saturated heterocycles. The Kier molecular flexibility index (Phi) is 6.85. The van der Waals surface area contributed by atoms with E-state index in [-0.39, 0.29) is 24.1 Å². The monoisotopic (exact) mass is 519 g/mol. The highest BCUT2D eigenvalue weighted by Gasteiger charge is 2.46. The van der Waals surface area contributed by atoms with Gasteiger partial charge in [-0.1, -0.05) is 6.08 Å². The number of rotatable bonds is 9. The molecule has 2 aromatic heterocycles. The van der Waals surface area contributed by atoms with Crippen molar-refractivity contribution in [2.45, 2.75) is 31.7 Å². The summed E-state index contributed by atoms with van der Waals surface area (Å²) in [5.74, 6) is 0.366. The summed E-state index contributed by atoms with van der Waals surface area (Å²) in [4.78, 5) is 57.9. The van der Waals surface area contributed by atoms with Gasteiger partial charge in [-0.3, -0.25) is 34.7 Å². The number of carbonyl (C=O) groups is 4. The molecule has 2 aromatic rings. The molecule has 5 rings (SSSR count). The summed E-state index contributed by atoms with van der Waals surface area (Å²) in [6.45, 7) is 3.15. The first-order valence-electron chi connectivity index (χ1n) is 12.6. The number of ether oxygens (including phenoxy) is 1. The van der Waals surface area contributed by atoms with Crippen molar-refractivity contribution < 1.29 is 28.3 Å². The van der Waals surface area contributed by atoms with Crippen LogP contribution in [0.2, 0.25) is 0 Å². The molecule has 1 atom stereocenters. The molecule has 0 saturated carbocycles. The smallest absolute Gasteiger partial charge is 0.256 e. The lowest BCUT2D eigenvalue weighted by molar-refractivity contribution is -0.134. The number of carbonyl (C=O) groups excluding carboxylic acids is 4. The van der Waals surface area contributed by atoms with E-state index in [1.165, 1.54) is 0 Å². The van der Waals surface area contributed by atoms with Gasteiger partial charge < -0.3 is 14.1 Å². The molecule has 0 bridgehead atoms. The Hall–Kier alpha value is -4.25. The minimum Gasteiger partial charge on any atom is -0.494 e. The zero-order valence-electron chi connectivity index (χ0n) is 21.3. The maximum absolute atomic E-state index is 13.5. The molecule has 0 radical (unpaired) electrons. The predicted octanol–water partition coefficient (Wildman–Crippen LogP) is 1.66. The third kappa shape index (κ3) is 4.38. The van der Waals surface area contributed by atoms with Crippen LogP contribution in [0.15, 0.2) is 57.9 Å². The molecule has 11 nitrogen and oxygen atoms in total. The normalized spacial score (nSPS) is 18.9. The molecule has 4 amide bonds. The first kappa shape index (κ1) is 25.4. The third-order valence-electron chi connectivity index (χ3n) is 7.11. The van der Waals surface area contributed by atoms with E-state index >= 15 is 0 Å². The van der Waals surface area contributed by atoms with E-state index in [0.717, 1.165) is 12.0 Å². The van der Waals surface area contributed by atoms with E-state index in [0.29, 0.717) is 67.1 Å². The van der Waals surface area contributed by atoms with Crippen LogP contribution >= 0.6 is 0 Å². The summed E-state index contributed by atoms with van der Waals surface area (Å²) in [6, 6.07) is 3.32. The van der Waals surface area contributed by atoms with E-state index in [2.05, 4.69) is 15.6 Å². The average molecular weight is 520 g/mol. The number of allylic oxidation sites excluding steroid dienone is 2. The lowest BCUT2D eigenvalue weighted by atomic mass is 9.93. The van der Waals surface area contributed by atoms with Crippen LogP contribution in [0, 0.1) is 0 Å². The van der Waals surface area contributed by atoms with Crippen LogP contribution in [0.3, 0.4) is 0 Å². The molecule has 1 aliphatic carbocycles. The van der Waals surface area contributed by atoms with E-state index in [1.54, 1.807) is 41.3 Å². The van der Waals surface area contributed by atoms with Gasteiger partial charge in [0.05, 0.1) is 13.2 Å². The van der Waals surface area contributed by atoms with Gasteiger partial charge in [0.1, 0.15) is 22.9 Å². The van der Waals surface area contributed by atoms with Gasteiger partial charge >= 0.3 is 0 Å². The average Bonchev–Trinajstić information content (AvgIpc) is 3.56. The molecule has 0 spiro atoms. The number of nitrogens with zero attached hydrogens (tertiary/aromatic N) is 3. The molecule has 4 heterocycles. The molecule has 11 heteroatoms. The number of nitrogens with one attached hydrogen (secondary N) is 2. The van der Waals surface area contributed by atoms with Crippen LogP contribution in [0.25, 0.3) is 11.0 Å². The number of anilines is 1. The Morgan fingerprint density at radius 1 is 1.32 bits per heavy atom. The maximum Gasteiger partial charge on any atom is 0.256 e. The predicted molar refractivity (Wildman–Crippen MR) is 138 cm³/mol. The van der Waals surface area contributed by atoms with Crippen LogP contribution in [-0.2, 0) is 29.5 Å². The van der Waals surface area contributed by atoms with Crippen LogP contribution in [0.5, 0.6) is 0 Å². The van der Waals surface area contributed by atoms with Crippen molar-refractivity contribution in [2.24, 2.45) is 0 Å². The largest absolute Gasteiger partial charge is 0.494 e. The van der Waals surface area contributed by atoms with Crippen molar-refractivity contribution in [2.75, 3.05) is 38.2 Å². The molecule has 0 unspecified atom stereocenters. The van der Waals surface area contributed by atoms with Crippen molar-refractivity contribution in [3.63, 3.8) is 0 Å².